The van der Waals surface area contributed by atoms with Crippen LogP contribution in [0.3, 0.4) is 0 Å². The molecule has 6 heteroatoms. The van der Waals surface area contributed by atoms with E-state index in [1.165, 1.54) is 18.4 Å². The van der Waals surface area contributed by atoms with Gasteiger partial charge in [0.2, 0.25) is 0 Å². The molecule has 1 N–H and O–H groups in total. The number of hydrogen-bond donors (Lipinski definition) is 1. The Bertz CT molecular complexity index is 1300. The van der Waals surface area contributed by atoms with E-state index in [9.17, 15) is 4.79 Å². The average Bonchev–Trinajstić information content (AvgIpc) is 2.92. The molecule has 1 amide bonds. The molecule has 2 aromatic heterocycles. The highest BCUT2D eigenvalue weighted by Crippen LogP contribution is 2.20. The first-order chi connectivity index (χ1) is 17.6. The second kappa shape index (κ2) is 11.2. The highest BCUT2D eigenvalue weighted by molar-refractivity contribution is 6.04. The number of benzene rings is 2. The molecule has 0 aliphatic carbocycles. The number of anilines is 1. The standard InChI is InChI=1S/C30H31N5O/c1-22-12-15-35(16-13-22)21-23-7-9-27(10-8-23)33-30(36)26-17-24(19-31-20-26)18-29-32-14-11-28(34-29)25-5-3-2-4-6-25/h2-11,14,17,19-20,22H,12-13,15-16,18,21H2,1H3,(H,33,36). The summed E-state index contributed by atoms with van der Waals surface area (Å²) in [5.41, 5.74) is 5.37. The fraction of sp³-hybridized carbons (Fsp3) is 0.267. The van der Waals surface area contributed by atoms with Gasteiger partial charge < -0.3 is 5.32 Å². The average molecular weight is 478 g/mol. The number of carbonyl (C=O) groups excluding carboxylic acids is 1. The minimum absolute atomic E-state index is 0.180. The monoisotopic (exact) mass is 477 g/mol. The van der Waals surface area contributed by atoms with E-state index in [-0.39, 0.29) is 5.91 Å². The predicted octanol–water partition coefficient (Wildman–Crippen LogP) is 5.61. The van der Waals surface area contributed by atoms with Crippen molar-refractivity contribution >= 4 is 11.6 Å². The van der Waals surface area contributed by atoms with Crippen molar-refractivity contribution in [1.82, 2.24) is 19.9 Å². The number of carbonyl (C=O) groups is 1. The molecule has 4 aromatic rings. The minimum Gasteiger partial charge on any atom is -0.322 e. The molecule has 0 atom stereocenters. The van der Waals surface area contributed by atoms with Gasteiger partial charge in [0.1, 0.15) is 5.82 Å². The van der Waals surface area contributed by atoms with Crippen LogP contribution in [-0.2, 0) is 13.0 Å². The van der Waals surface area contributed by atoms with E-state index in [2.05, 4.69) is 39.2 Å². The van der Waals surface area contributed by atoms with E-state index in [0.717, 1.165) is 48.1 Å². The van der Waals surface area contributed by atoms with Gasteiger partial charge in [-0.2, -0.15) is 0 Å². The molecule has 1 aliphatic rings. The molecule has 0 unspecified atom stereocenters. The number of hydrogen-bond acceptors (Lipinski definition) is 5. The van der Waals surface area contributed by atoms with E-state index in [1.807, 2.05) is 54.6 Å². The Morgan fingerprint density at radius 2 is 1.75 bits per heavy atom. The molecule has 1 saturated heterocycles. The second-order valence-electron chi connectivity index (χ2n) is 9.59. The van der Waals surface area contributed by atoms with Crippen LogP contribution in [0.5, 0.6) is 0 Å². The summed E-state index contributed by atoms with van der Waals surface area (Å²) in [6.45, 7) is 5.60. The summed E-state index contributed by atoms with van der Waals surface area (Å²) in [6, 6.07) is 21.9. The molecule has 2 aromatic carbocycles. The Morgan fingerprint density at radius 1 is 0.972 bits per heavy atom. The van der Waals surface area contributed by atoms with E-state index >= 15 is 0 Å². The maximum atomic E-state index is 12.9. The topological polar surface area (TPSA) is 71.0 Å². The summed E-state index contributed by atoms with van der Waals surface area (Å²) >= 11 is 0. The smallest absolute Gasteiger partial charge is 0.257 e. The molecule has 3 heterocycles. The zero-order chi connectivity index (χ0) is 24.7. The number of nitrogens with one attached hydrogen (secondary N) is 1. The highest BCUT2D eigenvalue weighted by atomic mass is 16.1. The summed E-state index contributed by atoms with van der Waals surface area (Å²) < 4.78 is 0. The number of pyridine rings is 1. The molecule has 0 spiro atoms. The quantitative estimate of drug-likeness (QED) is 0.374. The molecule has 5 rings (SSSR count). The second-order valence-corrected chi connectivity index (χ2v) is 9.59. The summed E-state index contributed by atoms with van der Waals surface area (Å²) in [4.78, 5) is 28.8. The van der Waals surface area contributed by atoms with Gasteiger partial charge in [-0.1, -0.05) is 49.4 Å². The molecular weight excluding hydrogens is 446 g/mol. The number of rotatable bonds is 7. The molecule has 6 nitrogen and oxygen atoms in total. The summed E-state index contributed by atoms with van der Waals surface area (Å²) in [5, 5.41) is 2.99. The fourth-order valence-electron chi connectivity index (χ4n) is 4.52. The van der Waals surface area contributed by atoms with Crippen LogP contribution in [0.25, 0.3) is 11.3 Å². The first-order valence-electron chi connectivity index (χ1n) is 12.6. The Balaban J connectivity index is 1.21. The van der Waals surface area contributed by atoms with Gasteiger partial charge in [-0.25, -0.2) is 9.97 Å². The first-order valence-corrected chi connectivity index (χ1v) is 12.6. The normalized spacial score (nSPS) is 14.5. The van der Waals surface area contributed by atoms with Crippen molar-refractivity contribution in [3.8, 4) is 11.3 Å². The van der Waals surface area contributed by atoms with Crippen molar-refractivity contribution in [3.63, 3.8) is 0 Å². The van der Waals surface area contributed by atoms with Crippen LogP contribution in [0.2, 0.25) is 0 Å². The Labute approximate surface area is 212 Å². The van der Waals surface area contributed by atoms with Crippen molar-refractivity contribution < 1.29 is 4.79 Å². The Hall–Kier alpha value is -3.90. The van der Waals surface area contributed by atoms with Gasteiger partial charge in [0, 0.05) is 42.8 Å². The van der Waals surface area contributed by atoms with E-state index in [0.29, 0.717) is 17.8 Å². The van der Waals surface area contributed by atoms with Crippen LogP contribution in [0.15, 0.2) is 85.3 Å². The van der Waals surface area contributed by atoms with Crippen molar-refractivity contribution in [3.05, 3.63) is 108 Å². The van der Waals surface area contributed by atoms with Crippen molar-refractivity contribution in [2.24, 2.45) is 5.92 Å². The van der Waals surface area contributed by atoms with Crippen LogP contribution < -0.4 is 5.32 Å². The largest absolute Gasteiger partial charge is 0.322 e. The lowest BCUT2D eigenvalue weighted by Gasteiger charge is -2.30. The summed E-state index contributed by atoms with van der Waals surface area (Å²) in [6.07, 6.45) is 8.15. The third kappa shape index (κ3) is 6.20. The minimum atomic E-state index is -0.180. The van der Waals surface area contributed by atoms with E-state index < -0.39 is 0 Å². The maximum Gasteiger partial charge on any atom is 0.257 e. The van der Waals surface area contributed by atoms with Crippen LogP contribution in [0.1, 0.15) is 47.1 Å². The molecular formula is C30H31N5O. The van der Waals surface area contributed by atoms with Crippen molar-refractivity contribution in [1.29, 1.82) is 0 Å². The lowest BCUT2D eigenvalue weighted by molar-refractivity contribution is 0.102. The summed E-state index contributed by atoms with van der Waals surface area (Å²) in [5.74, 6) is 1.34. The highest BCUT2D eigenvalue weighted by Gasteiger charge is 2.16. The van der Waals surface area contributed by atoms with Crippen LogP contribution in [0.4, 0.5) is 5.69 Å². The van der Waals surface area contributed by atoms with Gasteiger partial charge in [-0.15, -0.1) is 0 Å². The number of likely N-dealkylation sites (tertiary alicyclic amines) is 1. The fourth-order valence-corrected chi connectivity index (χ4v) is 4.52. The third-order valence-electron chi connectivity index (χ3n) is 6.69. The van der Waals surface area contributed by atoms with Crippen molar-refractivity contribution in [2.45, 2.75) is 32.7 Å². The van der Waals surface area contributed by atoms with Gasteiger partial charge in [0.15, 0.2) is 0 Å². The molecule has 0 bridgehead atoms. The van der Waals surface area contributed by atoms with E-state index in [4.69, 9.17) is 4.98 Å². The van der Waals surface area contributed by atoms with Crippen LogP contribution >= 0.6 is 0 Å². The molecule has 182 valence electrons. The number of aromatic nitrogens is 3. The van der Waals surface area contributed by atoms with E-state index in [1.54, 1.807) is 18.6 Å². The number of amides is 1. The zero-order valence-electron chi connectivity index (χ0n) is 20.6. The first kappa shape index (κ1) is 23.8. The SMILES string of the molecule is CC1CCN(Cc2ccc(NC(=O)c3cncc(Cc4nccc(-c5ccccc5)n4)c3)cc2)CC1. The van der Waals surface area contributed by atoms with Gasteiger partial charge in [-0.05, 0) is 67.2 Å². The number of piperidine rings is 1. The van der Waals surface area contributed by atoms with Gasteiger partial charge in [0.25, 0.3) is 5.91 Å². The third-order valence-corrected chi connectivity index (χ3v) is 6.69. The number of nitrogens with zero attached hydrogens (tertiary/aromatic N) is 4. The van der Waals surface area contributed by atoms with Gasteiger partial charge >= 0.3 is 0 Å². The molecule has 1 fully saturated rings. The van der Waals surface area contributed by atoms with Crippen LogP contribution in [-0.4, -0.2) is 38.8 Å². The van der Waals surface area contributed by atoms with Gasteiger partial charge in [-0.3, -0.25) is 14.7 Å². The molecule has 0 saturated carbocycles. The van der Waals surface area contributed by atoms with Gasteiger partial charge in [0.05, 0.1) is 11.3 Å². The Morgan fingerprint density at radius 3 is 2.53 bits per heavy atom. The molecule has 36 heavy (non-hydrogen) atoms. The van der Waals surface area contributed by atoms with Crippen molar-refractivity contribution in [2.75, 3.05) is 18.4 Å². The summed E-state index contributed by atoms with van der Waals surface area (Å²) in [7, 11) is 0. The van der Waals surface area contributed by atoms with Crippen LogP contribution in [0, 0.1) is 5.92 Å². The predicted molar refractivity (Wildman–Crippen MR) is 143 cm³/mol. The maximum absolute atomic E-state index is 12.9. The Kier molecular flexibility index (Phi) is 7.43. The lowest BCUT2D eigenvalue weighted by atomic mass is 9.99. The molecule has 0 radical (unpaired) electrons. The lowest BCUT2D eigenvalue weighted by Crippen LogP contribution is -2.32. The molecule has 1 aliphatic heterocycles. The zero-order valence-corrected chi connectivity index (χ0v) is 20.6.